The maximum Gasteiger partial charge on any atom is 0.410 e. The molecule has 0 aliphatic carbocycles. The maximum absolute atomic E-state index is 14.6. The zero-order valence-corrected chi connectivity index (χ0v) is 43.9. The summed E-state index contributed by atoms with van der Waals surface area (Å²) in [6, 6.07) is 11.4. The summed E-state index contributed by atoms with van der Waals surface area (Å²) in [5, 5.41) is 17.2. The second-order valence-electron chi connectivity index (χ2n) is 19.7. The summed E-state index contributed by atoms with van der Waals surface area (Å²) in [4.78, 5) is 74.7. The molecule has 1 fully saturated rings. The van der Waals surface area contributed by atoms with Gasteiger partial charge in [0.2, 0.25) is 23.6 Å². The Morgan fingerprint density at radius 2 is 1.49 bits per heavy atom. The molecule has 1 aliphatic rings. The van der Waals surface area contributed by atoms with E-state index in [2.05, 4.69) is 22.8 Å². The summed E-state index contributed by atoms with van der Waals surface area (Å²) in [5.74, 6) is -2.73. The highest BCUT2D eigenvalue weighted by Crippen LogP contribution is 2.30. The average molecular weight is 963 g/mol. The predicted molar refractivity (Wildman–Crippen MR) is 272 cm³/mol. The van der Waals surface area contributed by atoms with E-state index in [1.54, 1.807) is 62.1 Å². The molecule has 0 spiro atoms. The number of rotatable bonds is 27. The first kappa shape index (κ1) is 58.3. The number of nitrogen functional groups attached to an aromatic ring is 1. The standard InChI is InChI=1S/C54H86N6O9/c1-14-16-17-18-19-21-39-23-27-41(28-24-39)49(62)38(9)56-51(63)37(8)50(68-13)43-22-20-31-60(43)45(61)32-44(67-12)48(36(7)15-2)58(10)53(65)46(34(3)4)57-52(64)47(35(5)6)59(11)54(66)69-33-40-25-29-42(55)30-26-40/h14,16,23-30,34-38,43-44,46-50,62H,15,17-22,31-33,55H2,1-13H3,(H,56,63)(H,57,64)/b16-14-/t36-,37+,38+,43-,44+,46-,47-,48-,49-,50+/m0/s1. The number of allylic oxidation sites excluding steroid dienone is 2. The number of carbonyl (C=O) groups excluding carboxylic acids is 5. The lowest BCUT2D eigenvalue weighted by Crippen LogP contribution is -2.60. The number of amides is 5. The topological polar surface area (TPSA) is 193 Å². The number of ether oxygens (including phenoxy) is 3. The molecule has 0 saturated carbocycles. The molecule has 2 aromatic rings. The number of benzene rings is 2. The summed E-state index contributed by atoms with van der Waals surface area (Å²) < 4.78 is 17.6. The zero-order valence-electron chi connectivity index (χ0n) is 43.9. The largest absolute Gasteiger partial charge is 0.445 e. The van der Waals surface area contributed by atoms with E-state index in [0.29, 0.717) is 25.1 Å². The molecule has 0 unspecified atom stereocenters. The smallest absolute Gasteiger partial charge is 0.410 e. The van der Waals surface area contributed by atoms with E-state index in [1.807, 2.05) is 72.7 Å². The number of unbranched alkanes of at least 4 members (excludes halogenated alkanes) is 2. The average Bonchev–Trinajstić information content (AvgIpc) is 3.81. The molecule has 5 N–H and O–H groups in total. The van der Waals surface area contributed by atoms with E-state index in [1.165, 1.54) is 24.6 Å². The van der Waals surface area contributed by atoms with Gasteiger partial charge in [-0.15, -0.1) is 0 Å². The molecule has 386 valence electrons. The molecule has 1 aliphatic heterocycles. The molecule has 1 saturated heterocycles. The number of hydrogen-bond acceptors (Lipinski definition) is 10. The van der Waals surface area contributed by atoms with Crippen molar-refractivity contribution in [2.45, 2.75) is 169 Å². The first-order chi connectivity index (χ1) is 32.7. The minimum absolute atomic E-state index is 0.00465. The van der Waals surface area contributed by atoms with E-state index < -0.39 is 66.4 Å². The number of nitrogens with two attached hydrogens (primary N) is 1. The Morgan fingerprint density at radius 3 is 2.06 bits per heavy atom. The minimum atomic E-state index is -0.960. The van der Waals surface area contributed by atoms with E-state index in [-0.39, 0.29) is 48.5 Å². The molecule has 2 aromatic carbocycles. The number of nitrogens with zero attached hydrogens (tertiary/aromatic N) is 3. The van der Waals surface area contributed by atoms with Crippen molar-refractivity contribution in [3.63, 3.8) is 0 Å². The molecule has 3 rings (SSSR count). The van der Waals surface area contributed by atoms with Crippen molar-refractivity contribution in [1.82, 2.24) is 25.3 Å². The number of carbonyl (C=O) groups is 5. The lowest BCUT2D eigenvalue weighted by atomic mass is 9.89. The fourth-order valence-corrected chi connectivity index (χ4v) is 9.54. The third kappa shape index (κ3) is 16.6. The number of hydrogen-bond donors (Lipinski definition) is 4. The van der Waals surface area contributed by atoms with Gasteiger partial charge in [0.05, 0.1) is 48.8 Å². The van der Waals surface area contributed by atoms with Crippen molar-refractivity contribution in [2.24, 2.45) is 23.7 Å². The van der Waals surface area contributed by atoms with Crippen LogP contribution in [0, 0.1) is 23.7 Å². The summed E-state index contributed by atoms with van der Waals surface area (Å²) in [6.45, 7) is 17.4. The number of nitrogens with one attached hydrogen (secondary N) is 2. The van der Waals surface area contributed by atoms with E-state index in [0.717, 1.165) is 43.2 Å². The summed E-state index contributed by atoms with van der Waals surface area (Å²) >= 11 is 0. The quantitative estimate of drug-likeness (QED) is 0.0397. The van der Waals surface area contributed by atoms with Crippen LogP contribution in [0.2, 0.25) is 0 Å². The fourth-order valence-electron chi connectivity index (χ4n) is 9.54. The van der Waals surface area contributed by atoms with Crippen LogP contribution in [0.15, 0.2) is 60.7 Å². The van der Waals surface area contributed by atoms with Crippen molar-refractivity contribution < 1.29 is 43.3 Å². The van der Waals surface area contributed by atoms with Crippen molar-refractivity contribution in [3.8, 4) is 0 Å². The summed E-state index contributed by atoms with van der Waals surface area (Å²) in [6.07, 6.45) is 7.54. The van der Waals surface area contributed by atoms with E-state index >= 15 is 0 Å². The lowest BCUT2D eigenvalue weighted by molar-refractivity contribution is -0.148. The number of likely N-dealkylation sites (tertiary alicyclic amines) is 1. The molecule has 15 heteroatoms. The molecule has 0 bridgehead atoms. The van der Waals surface area contributed by atoms with Crippen LogP contribution in [0.4, 0.5) is 10.5 Å². The normalized spacial score (nSPS) is 17.9. The van der Waals surface area contributed by atoms with Crippen molar-refractivity contribution in [1.29, 1.82) is 0 Å². The van der Waals surface area contributed by atoms with Gasteiger partial charge >= 0.3 is 6.09 Å². The highest BCUT2D eigenvalue weighted by Gasteiger charge is 2.44. The molecule has 0 aromatic heterocycles. The SMILES string of the molecule is C/C=C\CCCCc1ccc([C@@H](O)[C@@H](C)NC(=O)[C@H](C)[C@@H](OC)[C@@H]2CCCN2C(=O)C[C@@H](OC)[C@H]([C@@H](C)CC)N(C)C(=O)[C@@H](NC(=O)[C@H](C(C)C)N(C)C(=O)OCc2ccc(N)cc2)C(C)C)cc1. The number of methoxy groups -OCH3 is 2. The van der Waals surface area contributed by atoms with Gasteiger partial charge in [-0.1, -0.05) is 103 Å². The molecular weight excluding hydrogens is 877 g/mol. The van der Waals surface area contributed by atoms with Gasteiger partial charge in [-0.05, 0) is 98.9 Å². The minimum Gasteiger partial charge on any atom is -0.445 e. The number of aliphatic hydroxyl groups excluding tert-OH is 1. The Hall–Kier alpha value is -4.99. The van der Waals surface area contributed by atoms with Crippen molar-refractivity contribution >= 4 is 35.4 Å². The van der Waals surface area contributed by atoms with E-state index in [9.17, 15) is 29.1 Å². The third-order valence-corrected chi connectivity index (χ3v) is 13.9. The van der Waals surface area contributed by atoms with Crippen LogP contribution >= 0.6 is 0 Å². The summed E-state index contributed by atoms with van der Waals surface area (Å²) in [7, 11) is 6.27. The lowest BCUT2D eigenvalue weighted by Gasteiger charge is -2.41. The molecule has 0 radical (unpaired) electrons. The Labute approximate surface area is 413 Å². The van der Waals surface area contributed by atoms with Gasteiger partial charge < -0.3 is 45.5 Å². The molecular formula is C54H86N6O9. The van der Waals surface area contributed by atoms with Gasteiger partial charge in [0.15, 0.2) is 0 Å². The van der Waals surface area contributed by atoms with Gasteiger partial charge in [0, 0.05) is 40.5 Å². The number of anilines is 1. The maximum atomic E-state index is 14.6. The van der Waals surface area contributed by atoms with Crippen LogP contribution in [0.25, 0.3) is 0 Å². The van der Waals surface area contributed by atoms with Gasteiger partial charge in [-0.2, -0.15) is 0 Å². The molecule has 15 nitrogen and oxygen atoms in total. The van der Waals surface area contributed by atoms with Crippen LogP contribution in [0.5, 0.6) is 0 Å². The third-order valence-electron chi connectivity index (χ3n) is 13.9. The second-order valence-corrected chi connectivity index (χ2v) is 19.7. The Bertz CT molecular complexity index is 1940. The number of aryl methyl sites for hydroxylation is 1. The van der Waals surface area contributed by atoms with Crippen LogP contribution in [0.1, 0.15) is 130 Å². The van der Waals surface area contributed by atoms with Gasteiger partial charge in [-0.25, -0.2) is 4.79 Å². The Kier molecular flexibility index (Phi) is 24.2. The monoisotopic (exact) mass is 963 g/mol. The summed E-state index contributed by atoms with van der Waals surface area (Å²) in [5.41, 5.74) is 9.05. The van der Waals surface area contributed by atoms with Gasteiger partial charge in [0.1, 0.15) is 18.7 Å². The van der Waals surface area contributed by atoms with Gasteiger partial charge in [-0.3, -0.25) is 24.1 Å². The fraction of sp³-hybridized carbons (Fsp3) is 0.648. The molecule has 69 heavy (non-hydrogen) atoms. The number of aliphatic hydroxyl groups is 1. The second kappa shape index (κ2) is 28.6. The molecule has 10 atom stereocenters. The van der Waals surface area contributed by atoms with Crippen LogP contribution in [-0.4, -0.2) is 127 Å². The van der Waals surface area contributed by atoms with Crippen LogP contribution in [0.3, 0.4) is 0 Å². The van der Waals surface area contributed by atoms with Gasteiger partial charge in [0.25, 0.3) is 0 Å². The van der Waals surface area contributed by atoms with Crippen molar-refractivity contribution in [2.75, 3.05) is 40.6 Å². The van der Waals surface area contributed by atoms with Crippen molar-refractivity contribution in [3.05, 3.63) is 77.4 Å². The first-order valence-electron chi connectivity index (χ1n) is 25.1. The van der Waals surface area contributed by atoms with Crippen LogP contribution in [-0.2, 0) is 46.4 Å². The predicted octanol–water partition coefficient (Wildman–Crippen LogP) is 7.45. The molecule has 1 heterocycles. The highest BCUT2D eigenvalue weighted by molar-refractivity contribution is 5.92. The Balaban J connectivity index is 1.71. The first-order valence-corrected chi connectivity index (χ1v) is 25.1. The highest BCUT2D eigenvalue weighted by atomic mass is 16.6. The Morgan fingerprint density at radius 1 is 0.855 bits per heavy atom. The molecule has 5 amide bonds. The zero-order chi connectivity index (χ0) is 51.5. The number of likely N-dealkylation sites (N-methyl/N-ethyl adjacent to an activating group) is 2. The van der Waals surface area contributed by atoms with Crippen LogP contribution < -0.4 is 16.4 Å². The van der Waals surface area contributed by atoms with E-state index in [4.69, 9.17) is 19.9 Å².